The summed E-state index contributed by atoms with van der Waals surface area (Å²) in [5, 5.41) is 11.4. The van der Waals surface area contributed by atoms with Gasteiger partial charge in [-0.3, -0.25) is 14.9 Å². The number of hydrogen-bond donors (Lipinski definition) is 1. The number of hydrogen-bond acceptors (Lipinski definition) is 6. The Morgan fingerprint density at radius 2 is 2.09 bits per heavy atom. The lowest BCUT2D eigenvalue weighted by molar-refractivity contribution is -0.401. The van der Waals surface area contributed by atoms with Crippen LogP contribution in [0, 0.1) is 10.1 Å². The molecule has 0 bridgehead atoms. The van der Waals surface area contributed by atoms with E-state index in [2.05, 4.69) is 9.97 Å². The van der Waals surface area contributed by atoms with E-state index in [4.69, 9.17) is 4.42 Å². The quantitative estimate of drug-likeness (QED) is 0.440. The summed E-state index contributed by atoms with van der Waals surface area (Å²) in [5.41, 5.74) is 0.914. The fourth-order valence-corrected chi connectivity index (χ4v) is 4.27. The van der Waals surface area contributed by atoms with Crippen LogP contribution in [0.25, 0.3) is 21.8 Å². The lowest BCUT2D eigenvalue weighted by Crippen LogP contribution is -2.09. The molecule has 0 spiro atoms. The van der Waals surface area contributed by atoms with Crippen molar-refractivity contribution in [2.24, 2.45) is 0 Å². The third kappa shape index (κ3) is 2.35. The standard InChI is InChI=1S/C15H13N3O4S/c19-14-12-8-4-2-1-3-5-10(8)23-15(12)17-13(16-14)9-6-7-11(22-9)18(20)21/h6-7H,1-5H2,(H,16,17,19). The van der Waals surface area contributed by atoms with Crippen molar-refractivity contribution in [3.05, 3.63) is 43.0 Å². The highest BCUT2D eigenvalue weighted by Crippen LogP contribution is 2.34. The summed E-state index contributed by atoms with van der Waals surface area (Å²) in [6.07, 6.45) is 5.30. The maximum atomic E-state index is 12.5. The van der Waals surface area contributed by atoms with Gasteiger partial charge in [0.05, 0.1) is 11.5 Å². The molecule has 0 aliphatic heterocycles. The first-order valence-corrected chi connectivity index (χ1v) is 8.24. The fraction of sp³-hybridized carbons (Fsp3) is 0.333. The van der Waals surface area contributed by atoms with Crippen LogP contribution in [0.5, 0.6) is 0 Å². The Hall–Kier alpha value is -2.48. The lowest BCUT2D eigenvalue weighted by Gasteiger charge is -1.99. The predicted molar refractivity (Wildman–Crippen MR) is 85.9 cm³/mol. The van der Waals surface area contributed by atoms with Gasteiger partial charge in [0.2, 0.25) is 0 Å². The zero-order valence-electron chi connectivity index (χ0n) is 12.1. The summed E-state index contributed by atoms with van der Waals surface area (Å²) in [6, 6.07) is 2.70. The van der Waals surface area contributed by atoms with Crippen LogP contribution in [0.3, 0.4) is 0 Å². The number of aromatic nitrogens is 2. The minimum atomic E-state index is -0.618. The highest BCUT2D eigenvalue weighted by atomic mass is 32.1. The molecule has 0 unspecified atom stereocenters. The molecule has 118 valence electrons. The van der Waals surface area contributed by atoms with Gasteiger partial charge >= 0.3 is 5.88 Å². The molecule has 1 aliphatic rings. The van der Waals surface area contributed by atoms with Crippen LogP contribution in [0.2, 0.25) is 0 Å². The number of nitrogens with one attached hydrogen (secondary N) is 1. The second-order valence-corrected chi connectivity index (χ2v) is 6.64. The number of H-pyrrole nitrogens is 1. The SMILES string of the molecule is O=c1[nH]c(-c2ccc([N+](=O)[O-])o2)nc2sc3c(c12)CCCCC3. The molecule has 0 amide bonds. The Balaban J connectivity index is 1.87. The van der Waals surface area contributed by atoms with Gasteiger partial charge in [0.15, 0.2) is 11.6 Å². The van der Waals surface area contributed by atoms with Crippen LogP contribution >= 0.6 is 11.3 Å². The first-order valence-electron chi connectivity index (χ1n) is 7.42. The van der Waals surface area contributed by atoms with Crippen molar-refractivity contribution >= 4 is 27.4 Å². The van der Waals surface area contributed by atoms with Crippen molar-refractivity contribution in [3.63, 3.8) is 0 Å². The summed E-state index contributed by atoms with van der Waals surface area (Å²) >= 11 is 1.54. The molecule has 23 heavy (non-hydrogen) atoms. The summed E-state index contributed by atoms with van der Waals surface area (Å²) in [6.45, 7) is 0. The van der Waals surface area contributed by atoms with Gasteiger partial charge in [-0.2, -0.15) is 0 Å². The lowest BCUT2D eigenvalue weighted by atomic mass is 10.1. The molecular weight excluding hydrogens is 318 g/mol. The molecule has 0 atom stereocenters. The number of furan rings is 1. The van der Waals surface area contributed by atoms with Gasteiger partial charge in [-0.25, -0.2) is 4.98 Å². The zero-order valence-corrected chi connectivity index (χ0v) is 12.9. The largest absolute Gasteiger partial charge is 0.433 e. The van der Waals surface area contributed by atoms with Crippen LogP contribution in [0.15, 0.2) is 21.3 Å². The van der Waals surface area contributed by atoms with Gasteiger partial charge in [0.1, 0.15) is 9.75 Å². The topological polar surface area (TPSA) is 102 Å². The minimum Gasteiger partial charge on any atom is -0.397 e. The molecule has 3 aromatic heterocycles. The molecule has 0 radical (unpaired) electrons. The smallest absolute Gasteiger partial charge is 0.397 e. The molecule has 3 heterocycles. The van der Waals surface area contributed by atoms with E-state index in [1.165, 1.54) is 23.4 Å². The maximum Gasteiger partial charge on any atom is 0.433 e. The van der Waals surface area contributed by atoms with E-state index in [1.807, 2.05) is 0 Å². The predicted octanol–water partition coefficient (Wildman–Crippen LogP) is 3.42. The van der Waals surface area contributed by atoms with Crippen molar-refractivity contribution in [1.82, 2.24) is 9.97 Å². The highest BCUT2D eigenvalue weighted by molar-refractivity contribution is 7.18. The van der Waals surface area contributed by atoms with Gasteiger partial charge < -0.3 is 9.40 Å². The first-order chi connectivity index (χ1) is 11.1. The summed E-state index contributed by atoms with van der Waals surface area (Å²) in [4.78, 5) is 31.7. The number of rotatable bonds is 2. The number of fused-ring (bicyclic) bond motifs is 3. The van der Waals surface area contributed by atoms with Crippen molar-refractivity contribution in [1.29, 1.82) is 0 Å². The number of nitrogens with zero attached hydrogens (tertiary/aromatic N) is 2. The monoisotopic (exact) mass is 331 g/mol. The molecule has 4 rings (SSSR count). The Labute approximate surface area is 134 Å². The number of aromatic amines is 1. The summed E-state index contributed by atoms with van der Waals surface area (Å²) in [5.74, 6) is 0.0519. The first kappa shape index (κ1) is 14.1. The van der Waals surface area contributed by atoms with Gasteiger partial charge in [0.25, 0.3) is 5.56 Å². The Kier molecular flexibility index (Phi) is 3.26. The van der Waals surface area contributed by atoms with E-state index in [9.17, 15) is 14.9 Å². The van der Waals surface area contributed by atoms with Crippen molar-refractivity contribution in [2.45, 2.75) is 32.1 Å². The Morgan fingerprint density at radius 3 is 2.87 bits per heavy atom. The van der Waals surface area contributed by atoms with Crippen molar-refractivity contribution in [2.75, 3.05) is 0 Å². The third-order valence-electron chi connectivity index (χ3n) is 4.08. The van der Waals surface area contributed by atoms with Crippen LogP contribution < -0.4 is 5.56 Å². The van der Waals surface area contributed by atoms with E-state index < -0.39 is 4.92 Å². The van der Waals surface area contributed by atoms with Gasteiger partial charge in [0, 0.05) is 4.88 Å². The molecule has 7 nitrogen and oxygen atoms in total. The van der Waals surface area contributed by atoms with Crippen LogP contribution in [-0.2, 0) is 12.8 Å². The second kappa shape index (κ2) is 5.31. The van der Waals surface area contributed by atoms with E-state index in [0.717, 1.165) is 31.2 Å². The van der Waals surface area contributed by atoms with Crippen molar-refractivity contribution < 1.29 is 9.34 Å². The molecular formula is C15H13N3O4S. The van der Waals surface area contributed by atoms with Crippen molar-refractivity contribution in [3.8, 4) is 11.6 Å². The third-order valence-corrected chi connectivity index (χ3v) is 5.27. The van der Waals surface area contributed by atoms with Crippen LogP contribution in [0.4, 0.5) is 5.88 Å². The molecule has 0 saturated carbocycles. The molecule has 3 aromatic rings. The number of aryl methyl sites for hydroxylation is 2. The fourth-order valence-electron chi connectivity index (χ4n) is 3.01. The molecule has 0 aromatic carbocycles. The average molecular weight is 331 g/mol. The normalized spacial score (nSPS) is 14.6. The second-order valence-electron chi connectivity index (χ2n) is 5.55. The van der Waals surface area contributed by atoms with E-state index in [-0.39, 0.29) is 23.0 Å². The Bertz CT molecular complexity index is 969. The number of thiophene rings is 1. The van der Waals surface area contributed by atoms with E-state index in [1.54, 1.807) is 11.3 Å². The maximum absolute atomic E-state index is 12.5. The molecule has 0 fully saturated rings. The molecule has 1 aliphatic carbocycles. The average Bonchev–Trinajstić information content (AvgIpc) is 3.07. The van der Waals surface area contributed by atoms with Crippen LogP contribution in [-0.4, -0.2) is 14.9 Å². The highest BCUT2D eigenvalue weighted by Gasteiger charge is 2.21. The summed E-state index contributed by atoms with van der Waals surface area (Å²) < 4.78 is 5.13. The molecule has 0 saturated heterocycles. The van der Waals surface area contributed by atoms with Crippen LogP contribution in [0.1, 0.15) is 29.7 Å². The zero-order chi connectivity index (χ0) is 16.0. The van der Waals surface area contributed by atoms with Gasteiger partial charge in [-0.05, 0) is 37.3 Å². The van der Waals surface area contributed by atoms with E-state index >= 15 is 0 Å². The van der Waals surface area contributed by atoms with Gasteiger partial charge in [-0.15, -0.1) is 11.3 Å². The van der Waals surface area contributed by atoms with E-state index in [0.29, 0.717) is 10.2 Å². The molecule has 8 heteroatoms. The summed E-state index contributed by atoms with van der Waals surface area (Å²) in [7, 11) is 0. The Morgan fingerprint density at radius 1 is 1.26 bits per heavy atom. The number of nitro groups is 1. The minimum absolute atomic E-state index is 0.194. The molecule has 1 N–H and O–H groups in total. The van der Waals surface area contributed by atoms with Gasteiger partial charge in [-0.1, -0.05) is 6.42 Å².